The summed E-state index contributed by atoms with van der Waals surface area (Å²) in [6.07, 6.45) is 2.35. The van der Waals surface area contributed by atoms with Gasteiger partial charge in [-0.2, -0.15) is 4.31 Å². The Bertz CT molecular complexity index is 816. The molecule has 3 nitrogen and oxygen atoms in total. The molecule has 0 bridgehead atoms. The lowest BCUT2D eigenvalue weighted by Crippen LogP contribution is -2.34. The number of nitrogens with zero attached hydrogens (tertiary/aromatic N) is 1. The second-order valence-electron chi connectivity index (χ2n) is 5.68. The second-order valence-corrected chi connectivity index (χ2v) is 7.61. The van der Waals surface area contributed by atoms with Crippen LogP contribution in [0.25, 0.3) is 0 Å². The molecule has 0 fully saturated rings. The molecule has 1 atom stereocenters. The van der Waals surface area contributed by atoms with E-state index in [0.29, 0.717) is 6.42 Å². The predicted molar refractivity (Wildman–Crippen MR) is 83.4 cm³/mol. The molecule has 0 radical (unpaired) electrons. The molecule has 2 aromatic rings. The molecule has 0 aliphatic heterocycles. The zero-order valence-electron chi connectivity index (χ0n) is 12.7. The summed E-state index contributed by atoms with van der Waals surface area (Å²) >= 11 is 0. The Kier molecular flexibility index (Phi) is 4.21. The molecule has 23 heavy (non-hydrogen) atoms. The number of rotatable bonds is 3. The summed E-state index contributed by atoms with van der Waals surface area (Å²) in [4.78, 5) is -0.884. The van der Waals surface area contributed by atoms with Gasteiger partial charge in [0.15, 0.2) is 4.90 Å². The SMILES string of the molecule is CN(C1CCCc2ccccc21)S(=O)(=O)c1c(F)cccc1F. The highest BCUT2D eigenvalue weighted by molar-refractivity contribution is 7.89. The summed E-state index contributed by atoms with van der Waals surface area (Å²) in [6.45, 7) is 0. The third-order valence-electron chi connectivity index (χ3n) is 4.33. The predicted octanol–water partition coefficient (Wildman–Crippen LogP) is 3.66. The Labute approximate surface area is 134 Å². The van der Waals surface area contributed by atoms with Gasteiger partial charge in [0, 0.05) is 7.05 Å². The van der Waals surface area contributed by atoms with Crippen LogP contribution in [0.2, 0.25) is 0 Å². The largest absolute Gasteiger partial charge is 0.249 e. The first-order chi connectivity index (χ1) is 10.9. The van der Waals surface area contributed by atoms with Gasteiger partial charge in [0.25, 0.3) is 0 Å². The van der Waals surface area contributed by atoms with E-state index in [1.165, 1.54) is 7.05 Å². The molecule has 0 N–H and O–H groups in total. The molecule has 0 amide bonds. The van der Waals surface area contributed by atoms with Gasteiger partial charge in [-0.15, -0.1) is 0 Å². The molecule has 0 heterocycles. The fourth-order valence-electron chi connectivity index (χ4n) is 3.15. The van der Waals surface area contributed by atoms with Crippen LogP contribution < -0.4 is 0 Å². The fraction of sp³-hybridized carbons (Fsp3) is 0.294. The zero-order valence-corrected chi connectivity index (χ0v) is 13.5. The van der Waals surface area contributed by atoms with Crippen molar-refractivity contribution in [1.82, 2.24) is 4.31 Å². The number of fused-ring (bicyclic) bond motifs is 1. The Balaban J connectivity index is 2.05. The van der Waals surface area contributed by atoms with E-state index in [-0.39, 0.29) is 0 Å². The van der Waals surface area contributed by atoms with Gasteiger partial charge in [-0.25, -0.2) is 17.2 Å². The lowest BCUT2D eigenvalue weighted by Gasteiger charge is -2.32. The summed E-state index contributed by atoms with van der Waals surface area (Å²) in [5.74, 6) is -2.14. The molecule has 0 aromatic heterocycles. The lowest BCUT2D eigenvalue weighted by molar-refractivity contribution is 0.334. The van der Waals surface area contributed by atoms with E-state index >= 15 is 0 Å². The van der Waals surface area contributed by atoms with Gasteiger partial charge < -0.3 is 0 Å². The first-order valence-corrected chi connectivity index (χ1v) is 8.87. The monoisotopic (exact) mass is 337 g/mol. The molecule has 6 heteroatoms. The lowest BCUT2D eigenvalue weighted by atomic mass is 9.88. The van der Waals surface area contributed by atoms with Gasteiger partial charge in [-0.05, 0) is 42.5 Å². The highest BCUT2D eigenvalue weighted by atomic mass is 32.2. The maximum absolute atomic E-state index is 13.9. The van der Waals surface area contributed by atoms with Gasteiger partial charge >= 0.3 is 0 Å². The van der Waals surface area contributed by atoms with Gasteiger partial charge in [0.2, 0.25) is 10.0 Å². The van der Waals surface area contributed by atoms with Crippen LogP contribution in [0.15, 0.2) is 47.4 Å². The summed E-state index contributed by atoms with van der Waals surface area (Å²) in [5.41, 5.74) is 1.99. The van der Waals surface area contributed by atoms with Crippen molar-refractivity contribution in [1.29, 1.82) is 0 Å². The number of sulfonamides is 1. The van der Waals surface area contributed by atoms with Gasteiger partial charge in [-0.3, -0.25) is 0 Å². The van der Waals surface area contributed by atoms with E-state index in [0.717, 1.165) is 46.5 Å². The van der Waals surface area contributed by atoms with Gasteiger partial charge in [0.1, 0.15) is 11.6 Å². The van der Waals surface area contributed by atoms with E-state index < -0.39 is 32.6 Å². The van der Waals surface area contributed by atoms with Crippen LogP contribution >= 0.6 is 0 Å². The maximum Gasteiger partial charge on any atom is 0.249 e. The summed E-state index contributed by atoms with van der Waals surface area (Å²) in [6, 6.07) is 10.3. The van der Waals surface area contributed by atoms with Crippen LogP contribution in [-0.4, -0.2) is 19.8 Å². The van der Waals surface area contributed by atoms with Crippen LogP contribution in [0.4, 0.5) is 8.78 Å². The van der Waals surface area contributed by atoms with Crippen molar-refractivity contribution in [3.63, 3.8) is 0 Å². The van der Waals surface area contributed by atoms with E-state index in [2.05, 4.69) is 0 Å². The highest BCUT2D eigenvalue weighted by Gasteiger charge is 2.35. The molecule has 2 aromatic carbocycles. The molecule has 0 spiro atoms. The van der Waals surface area contributed by atoms with Crippen molar-refractivity contribution in [3.8, 4) is 0 Å². The average Bonchev–Trinajstić information content (AvgIpc) is 2.53. The van der Waals surface area contributed by atoms with Gasteiger partial charge in [-0.1, -0.05) is 30.3 Å². The first-order valence-electron chi connectivity index (χ1n) is 7.43. The van der Waals surface area contributed by atoms with Crippen LogP contribution in [0.5, 0.6) is 0 Å². The summed E-state index contributed by atoms with van der Waals surface area (Å²) in [5, 5.41) is 0. The Morgan fingerprint density at radius 1 is 1.04 bits per heavy atom. The molecule has 3 rings (SSSR count). The minimum Gasteiger partial charge on any atom is -0.207 e. The van der Waals surface area contributed by atoms with E-state index in [4.69, 9.17) is 0 Å². The Morgan fingerprint density at radius 3 is 2.39 bits per heavy atom. The minimum atomic E-state index is -4.26. The standard InChI is InChI=1S/C17H17F2NO2S/c1-20(16-11-4-7-12-6-2-3-8-13(12)16)23(21,22)17-14(18)9-5-10-15(17)19/h2-3,5-6,8-10,16H,4,7,11H2,1H3. The van der Waals surface area contributed by atoms with Crippen LogP contribution in [-0.2, 0) is 16.4 Å². The van der Waals surface area contributed by atoms with Crippen LogP contribution in [0.1, 0.15) is 30.0 Å². The van der Waals surface area contributed by atoms with Gasteiger partial charge in [0.05, 0.1) is 6.04 Å². The fourth-order valence-corrected chi connectivity index (χ4v) is 4.62. The smallest absolute Gasteiger partial charge is 0.207 e. The molecule has 1 unspecified atom stereocenters. The number of hydrogen-bond donors (Lipinski definition) is 0. The number of hydrogen-bond acceptors (Lipinski definition) is 2. The Morgan fingerprint density at radius 2 is 1.70 bits per heavy atom. The number of aryl methyl sites for hydroxylation is 1. The minimum absolute atomic E-state index is 0.413. The first kappa shape index (κ1) is 16.1. The average molecular weight is 337 g/mol. The highest BCUT2D eigenvalue weighted by Crippen LogP contribution is 2.37. The second kappa shape index (κ2) is 6.02. The van der Waals surface area contributed by atoms with E-state index in [1.54, 1.807) is 0 Å². The molecular formula is C17H17F2NO2S. The van der Waals surface area contributed by atoms with Crippen molar-refractivity contribution in [2.45, 2.75) is 30.2 Å². The maximum atomic E-state index is 13.9. The molecular weight excluding hydrogens is 320 g/mol. The summed E-state index contributed by atoms with van der Waals surface area (Å²) in [7, 11) is -2.88. The van der Waals surface area contributed by atoms with E-state index in [1.807, 2.05) is 24.3 Å². The molecule has 1 aliphatic carbocycles. The van der Waals surface area contributed by atoms with Crippen molar-refractivity contribution in [2.24, 2.45) is 0 Å². The summed E-state index contributed by atoms with van der Waals surface area (Å²) < 4.78 is 54.4. The quantitative estimate of drug-likeness (QED) is 0.857. The topological polar surface area (TPSA) is 37.4 Å². The van der Waals surface area contributed by atoms with Crippen molar-refractivity contribution >= 4 is 10.0 Å². The van der Waals surface area contributed by atoms with Crippen LogP contribution in [0, 0.1) is 11.6 Å². The van der Waals surface area contributed by atoms with Crippen molar-refractivity contribution in [2.75, 3.05) is 7.05 Å². The van der Waals surface area contributed by atoms with E-state index in [9.17, 15) is 17.2 Å². The zero-order chi connectivity index (χ0) is 16.6. The number of benzene rings is 2. The molecule has 0 saturated carbocycles. The third kappa shape index (κ3) is 2.77. The Hall–Kier alpha value is -1.79. The van der Waals surface area contributed by atoms with Crippen LogP contribution in [0.3, 0.4) is 0 Å². The molecule has 0 saturated heterocycles. The third-order valence-corrected chi connectivity index (χ3v) is 6.25. The number of halogens is 2. The molecule has 1 aliphatic rings. The van der Waals surface area contributed by atoms with Crippen molar-refractivity contribution < 1.29 is 17.2 Å². The van der Waals surface area contributed by atoms with Crippen molar-refractivity contribution in [3.05, 3.63) is 65.2 Å². The normalized spacial score (nSPS) is 18.0. The molecule has 122 valence electrons.